The minimum Gasteiger partial charge on any atom is -0.493 e. The van der Waals surface area contributed by atoms with Gasteiger partial charge in [-0.3, -0.25) is 24.0 Å². The van der Waals surface area contributed by atoms with Gasteiger partial charge in [-0.15, -0.1) is 5.10 Å². The van der Waals surface area contributed by atoms with Gasteiger partial charge < -0.3 is 99.2 Å². The van der Waals surface area contributed by atoms with E-state index in [0.29, 0.717) is 17.7 Å². The molecule has 456 valence electrons. The third-order valence-electron chi connectivity index (χ3n) is 13.7. The van der Waals surface area contributed by atoms with Crippen LogP contribution in [0, 0.1) is 0 Å². The monoisotopic (exact) mass is 1190 g/mol. The first-order valence-corrected chi connectivity index (χ1v) is 26.3. The number of hydrogen-bond donors (Lipinski definition) is 11. The summed E-state index contributed by atoms with van der Waals surface area (Å²) in [5, 5.41) is 80.6. The second-order valence-corrected chi connectivity index (χ2v) is 19.6. The molecule has 3 aromatic heterocycles. The SMILES string of the molecule is C=C1C[C@H]2C(O)N(C(=O)OCc3ccc(O[C@@H]4O[C@H](C(=O)O)[C@@H](O)[C@H](O)[C@H]4O)c(C(=O)NCCOCCON)c3)c3cc(OCCn4cc(C(=O)Nc5cc(C(=O)Nc6cc(C(=O)NCCCO)n(C)c6)n(C)c5)nn4)c(OC)cc3C(=O)N2C1. The number of ether oxygens (including phenoxy) is 6. The number of benzene rings is 2. The maximum atomic E-state index is 14.4. The summed E-state index contributed by atoms with van der Waals surface area (Å²) in [6.07, 6.45) is -7.90. The van der Waals surface area contributed by atoms with Gasteiger partial charge in [0.1, 0.15) is 48.7 Å². The van der Waals surface area contributed by atoms with Crippen LogP contribution in [0.1, 0.15) is 70.6 Å². The van der Waals surface area contributed by atoms with E-state index in [4.69, 9.17) is 39.4 Å². The van der Waals surface area contributed by atoms with Crippen molar-refractivity contribution in [3.63, 3.8) is 0 Å². The molecule has 6 amide bonds. The topological polar surface area (TPSA) is 427 Å². The van der Waals surface area contributed by atoms with Crippen LogP contribution in [0.15, 0.2) is 73.2 Å². The van der Waals surface area contributed by atoms with E-state index < -0.39 is 85.3 Å². The third-order valence-corrected chi connectivity index (χ3v) is 13.7. The molecule has 12 N–H and O–H groups in total. The first-order chi connectivity index (χ1) is 40.7. The van der Waals surface area contributed by atoms with E-state index in [1.807, 2.05) is 0 Å². The number of carbonyl (C=O) groups is 7. The molecule has 8 rings (SSSR count). The fraction of sp³-hybridized carbons (Fsp3) is 0.415. The smallest absolute Gasteiger partial charge is 0.416 e. The van der Waals surface area contributed by atoms with Crippen LogP contribution in [0.25, 0.3) is 0 Å². The standard InChI is InChI=1S/C53H64N12O20/c1-27-16-37-50(75)65(53(78)82-26-28-6-7-38(32(17-28)45(70)56-9-12-80-14-15-83-54)84-52-43(69)41(67)42(68)44(85-52)51(76)77)34-21-40(39(79-4)20-31(34)49(74)64(37)22-27)81-13-10-63-25-33(59-60-63)46(71)57-29-19-36(62(3)23-29)48(73)58-30-18-35(61(2)24-30)47(72)55-8-5-11-66/h6-7,17-21,23-25,37,41-44,50,52,66-69,75H,1,5,8-16,22,26,54H2,2-4H3,(H,55,72)(H,56,70)(H,57,71)(H,58,73)(H,76,77)/t37-,41-,42-,43+,44-,50?,52+/m0/s1. The predicted octanol–water partition coefficient (Wildman–Crippen LogP) is -1.19. The van der Waals surface area contributed by atoms with Crippen LogP contribution >= 0.6 is 0 Å². The van der Waals surface area contributed by atoms with Crippen LogP contribution in [0.4, 0.5) is 21.9 Å². The molecular weight excluding hydrogens is 1120 g/mol. The number of methoxy groups -OCH3 is 1. The Balaban J connectivity index is 0.952. The summed E-state index contributed by atoms with van der Waals surface area (Å²) in [6, 6.07) is 8.44. The van der Waals surface area contributed by atoms with Gasteiger partial charge in [-0.05, 0) is 48.7 Å². The van der Waals surface area contributed by atoms with E-state index in [1.54, 1.807) is 24.9 Å². The predicted molar refractivity (Wildman–Crippen MR) is 291 cm³/mol. The Bertz CT molecular complexity index is 3310. The first-order valence-electron chi connectivity index (χ1n) is 26.3. The Hall–Kier alpha value is -8.99. The molecule has 32 nitrogen and oxygen atoms in total. The molecule has 0 saturated carbocycles. The second kappa shape index (κ2) is 27.6. The summed E-state index contributed by atoms with van der Waals surface area (Å²) in [6.45, 7) is 3.67. The maximum absolute atomic E-state index is 14.4. The molecule has 32 heteroatoms. The lowest BCUT2D eigenvalue weighted by atomic mass is 9.99. The van der Waals surface area contributed by atoms with E-state index in [0.717, 1.165) is 4.90 Å². The Morgan fingerprint density at radius 2 is 1.52 bits per heavy atom. The van der Waals surface area contributed by atoms with Gasteiger partial charge in [-0.25, -0.2) is 25.1 Å². The molecule has 3 aliphatic rings. The zero-order valence-electron chi connectivity index (χ0n) is 46.1. The number of carboxylic acids is 1. The van der Waals surface area contributed by atoms with E-state index in [2.05, 4.69) is 43.0 Å². The minimum atomic E-state index is -2.03. The van der Waals surface area contributed by atoms with Gasteiger partial charge in [-0.2, -0.15) is 0 Å². The molecule has 6 heterocycles. The summed E-state index contributed by atoms with van der Waals surface area (Å²) in [4.78, 5) is 100. The molecule has 0 spiro atoms. The van der Waals surface area contributed by atoms with Crippen LogP contribution in [0.3, 0.4) is 0 Å². The molecule has 2 aromatic carbocycles. The van der Waals surface area contributed by atoms with Crippen molar-refractivity contribution < 1.29 is 97.5 Å². The lowest BCUT2D eigenvalue weighted by molar-refractivity contribution is -0.271. The fourth-order valence-corrected chi connectivity index (χ4v) is 9.40. The van der Waals surface area contributed by atoms with Crippen molar-refractivity contribution in [2.75, 3.05) is 75.3 Å². The van der Waals surface area contributed by atoms with Crippen LogP contribution in [0.5, 0.6) is 17.2 Å². The summed E-state index contributed by atoms with van der Waals surface area (Å²) in [7, 11) is 4.57. The third kappa shape index (κ3) is 14.3. The molecule has 1 unspecified atom stereocenters. The van der Waals surface area contributed by atoms with Crippen molar-refractivity contribution in [2.24, 2.45) is 20.0 Å². The molecule has 3 aliphatic heterocycles. The molecule has 5 aromatic rings. The van der Waals surface area contributed by atoms with Gasteiger partial charge in [-0.1, -0.05) is 23.4 Å². The Labute approximate surface area is 483 Å². The Kier molecular flexibility index (Phi) is 20.2. The largest absolute Gasteiger partial charge is 0.493 e. The molecule has 0 aliphatic carbocycles. The van der Waals surface area contributed by atoms with E-state index in [9.17, 15) is 59.1 Å². The van der Waals surface area contributed by atoms with Crippen LogP contribution in [-0.4, -0.2) is 204 Å². The summed E-state index contributed by atoms with van der Waals surface area (Å²) in [5.41, 5.74) is 1.27. The number of anilines is 3. The van der Waals surface area contributed by atoms with Crippen molar-refractivity contribution >= 4 is 58.7 Å². The van der Waals surface area contributed by atoms with E-state index in [1.165, 1.54) is 76.1 Å². The number of aliphatic hydroxyl groups excluding tert-OH is 5. The van der Waals surface area contributed by atoms with Gasteiger partial charge in [0.15, 0.2) is 29.5 Å². The molecule has 85 heavy (non-hydrogen) atoms. The number of carboxylic acid groups (broad SMARTS) is 1. The van der Waals surface area contributed by atoms with Gasteiger partial charge in [0.2, 0.25) is 6.29 Å². The number of carbonyl (C=O) groups excluding carboxylic acids is 6. The highest BCUT2D eigenvalue weighted by Crippen LogP contribution is 2.42. The normalized spacial score (nSPS) is 20.0. The summed E-state index contributed by atoms with van der Waals surface area (Å²) < 4.78 is 38.2. The van der Waals surface area contributed by atoms with Crippen LogP contribution < -0.4 is 46.3 Å². The number of aliphatic carboxylic acids is 1. The molecule has 2 saturated heterocycles. The zero-order chi connectivity index (χ0) is 61.2. The fourth-order valence-electron chi connectivity index (χ4n) is 9.40. The number of nitrogens with two attached hydrogens (primary N) is 1. The molecule has 0 radical (unpaired) electrons. The molecule has 0 bridgehead atoms. The first kappa shape index (κ1) is 62.1. The number of amides is 6. The van der Waals surface area contributed by atoms with Crippen molar-refractivity contribution in [2.45, 2.75) is 69.0 Å². The van der Waals surface area contributed by atoms with Crippen LogP contribution in [-0.2, 0) is 51.1 Å². The van der Waals surface area contributed by atoms with Gasteiger partial charge in [0.25, 0.3) is 29.5 Å². The average molecular weight is 1190 g/mol. The molecular formula is C53H64N12O20. The maximum Gasteiger partial charge on any atom is 0.416 e. The lowest BCUT2D eigenvalue weighted by Crippen LogP contribution is -2.61. The Morgan fingerprint density at radius 1 is 0.812 bits per heavy atom. The number of nitrogens with one attached hydrogen (secondary N) is 4. The number of hydrogen-bond acceptors (Lipinski definition) is 22. The van der Waals surface area contributed by atoms with Gasteiger partial charge in [0.05, 0.1) is 73.9 Å². The van der Waals surface area contributed by atoms with Crippen molar-refractivity contribution in [3.05, 3.63) is 107 Å². The zero-order valence-corrected chi connectivity index (χ0v) is 46.1. The minimum absolute atomic E-state index is 0.00297. The number of nitrogens with zero attached hydrogens (tertiary/aromatic N) is 7. The van der Waals surface area contributed by atoms with E-state index in [-0.39, 0.29) is 134 Å². The highest BCUT2D eigenvalue weighted by Gasteiger charge is 2.49. The quantitative estimate of drug-likeness (QED) is 0.0186. The molecule has 7 atom stereocenters. The number of aromatic nitrogens is 5. The van der Waals surface area contributed by atoms with Gasteiger partial charge >= 0.3 is 12.1 Å². The number of rotatable bonds is 25. The van der Waals surface area contributed by atoms with Crippen molar-refractivity contribution in [3.8, 4) is 17.2 Å². The van der Waals surface area contributed by atoms with E-state index >= 15 is 0 Å². The molecule has 2 fully saturated rings. The highest BCUT2D eigenvalue weighted by atomic mass is 16.7. The Morgan fingerprint density at radius 3 is 2.21 bits per heavy atom. The summed E-state index contributed by atoms with van der Waals surface area (Å²) in [5.74, 6) is 0.195. The number of aliphatic hydroxyl groups is 5. The van der Waals surface area contributed by atoms with Crippen molar-refractivity contribution in [1.82, 2.24) is 39.7 Å². The lowest BCUT2D eigenvalue weighted by Gasteiger charge is -2.38. The average Bonchev–Trinajstić information content (AvgIpc) is 2.15. The van der Waals surface area contributed by atoms with Gasteiger partial charge in [0, 0.05) is 58.8 Å². The highest BCUT2D eigenvalue weighted by molar-refractivity contribution is 6.08. The van der Waals surface area contributed by atoms with Crippen molar-refractivity contribution in [1.29, 1.82) is 0 Å². The second-order valence-electron chi connectivity index (χ2n) is 19.6. The summed E-state index contributed by atoms with van der Waals surface area (Å²) >= 11 is 0. The number of fused-ring (bicyclic) bond motifs is 2. The number of aryl methyl sites for hydroxylation is 2. The van der Waals surface area contributed by atoms with Crippen LogP contribution in [0.2, 0.25) is 0 Å².